The number of nitrogens with one attached hydrogen (secondary N) is 1. The van der Waals surface area contributed by atoms with E-state index >= 15 is 0 Å². The van der Waals surface area contributed by atoms with Crippen molar-refractivity contribution in [3.63, 3.8) is 0 Å². The van der Waals surface area contributed by atoms with E-state index in [2.05, 4.69) is 5.32 Å². The van der Waals surface area contributed by atoms with E-state index < -0.39 is 5.92 Å². The molecule has 158 valence electrons. The van der Waals surface area contributed by atoms with E-state index in [0.717, 1.165) is 25.9 Å². The lowest BCUT2D eigenvalue weighted by Gasteiger charge is -2.21. The summed E-state index contributed by atoms with van der Waals surface area (Å²) in [6.45, 7) is 4.68. The summed E-state index contributed by atoms with van der Waals surface area (Å²) in [5, 5.41) is 2.85. The summed E-state index contributed by atoms with van der Waals surface area (Å²) in [6.07, 6.45) is 4.95. The van der Waals surface area contributed by atoms with Crippen LogP contribution >= 0.6 is 0 Å². The molecule has 0 aliphatic carbocycles. The summed E-state index contributed by atoms with van der Waals surface area (Å²) in [5.74, 6) is 0.0799. The van der Waals surface area contributed by atoms with E-state index in [-0.39, 0.29) is 24.1 Å². The predicted octanol–water partition coefficient (Wildman–Crippen LogP) is 2.35. The average Bonchev–Trinajstić information content (AvgIpc) is 2.92. The van der Waals surface area contributed by atoms with Gasteiger partial charge in [-0.3, -0.25) is 14.4 Å². The fraction of sp³-hybridized carbons (Fsp3) is 0.591. The SMILES string of the molecule is CCOc1ccccc1N1CC(C(=O)NCCC(=O)N2CCCCCC2)CC1=O. The molecule has 1 atom stereocenters. The third-order valence-corrected chi connectivity index (χ3v) is 5.55. The van der Waals surface area contributed by atoms with Crippen LogP contribution < -0.4 is 15.0 Å². The molecular formula is C22H31N3O4. The molecule has 0 saturated carbocycles. The highest BCUT2D eigenvalue weighted by molar-refractivity contribution is 6.01. The van der Waals surface area contributed by atoms with Gasteiger partial charge in [0.15, 0.2) is 0 Å². The minimum absolute atomic E-state index is 0.0852. The smallest absolute Gasteiger partial charge is 0.227 e. The lowest BCUT2D eigenvalue weighted by molar-refractivity contribution is -0.131. The Morgan fingerprint density at radius 3 is 2.59 bits per heavy atom. The highest BCUT2D eigenvalue weighted by Gasteiger charge is 2.36. The number of benzene rings is 1. The van der Waals surface area contributed by atoms with Gasteiger partial charge in [-0.1, -0.05) is 25.0 Å². The second kappa shape index (κ2) is 10.3. The van der Waals surface area contributed by atoms with Gasteiger partial charge < -0.3 is 19.9 Å². The molecule has 3 amide bonds. The number of carbonyl (C=O) groups is 3. The molecule has 0 bridgehead atoms. The number of nitrogens with zero attached hydrogens (tertiary/aromatic N) is 2. The number of para-hydroxylation sites is 2. The Morgan fingerprint density at radius 2 is 1.86 bits per heavy atom. The zero-order valence-corrected chi connectivity index (χ0v) is 17.2. The number of amides is 3. The van der Waals surface area contributed by atoms with Crippen molar-refractivity contribution in [3.8, 4) is 5.75 Å². The second-order valence-corrected chi connectivity index (χ2v) is 7.64. The molecular weight excluding hydrogens is 370 g/mol. The van der Waals surface area contributed by atoms with Gasteiger partial charge >= 0.3 is 0 Å². The maximum absolute atomic E-state index is 12.5. The molecule has 1 aromatic carbocycles. The third-order valence-electron chi connectivity index (χ3n) is 5.55. The van der Waals surface area contributed by atoms with Gasteiger partial charge in [-0.15, -0.1) is 0 Å². The van der Waals surface area contributed by atoms with Crippen molar-refractivity contribution < 1.29 is 19.1 Å². The molecule has 3 rings (SSSR count). The van der Waals surface area contributed by atoms with E-state index in [0.29, 0.717) is 37.6 Å². The Morgan fingerprint density at radius 1 is 1.14 bits per heavy atom. The summed E-state index contributed by atoms with van der Waals surface area (Å²) in [5.41, 5.74) is 0.700. The average molecular weight is 402 g/mol. The van der Waals surface area contributed by atoms with Crippen molar-refractivity contribution in [2.75, 3.05) is 37.7 Å². The molecule has 7 nitrogen and oxygen atoms in total. The van der Waals surface area contributed by atoms with Crippen LogP contribution in [0.25, 0.3) is 0 Å². The van der Waals surface area contributed by atoms with E-state index in [1.54, 1.807) is 4.90 Å². The first kappa shape index (κ1) is 21.1. The normalized spacial score (nSPS) is 19.8. The van der Waals surface area contributed by atoms with Crippen LogP contribution in [-0.2, 0) is 14.4 Å². The van der Waals surface area contributed by atoms with Crippen LogP contribution in [0.5, 0.6) is 5.75 Å². The molecule has 2 aliphatic rings. The number of carbonyl (C=O) groups excluding carboxylic acids is 3. The first-order valence-electron chi connectivity index (χ1n) is 10.7. The first-order chi connectivity index (χ1) is 14.1. The van der Waals surface area contributed by atoms with Crippen LogP contribution in [0, 0.1) is 5.92 Å². The maximum atomic E-state index is 12.5. The Hall–Kier alpha value is -2.57. The predicted molar refractivity (Wildman–Crippen MR) is 111 cm³/mol. The maximum Gasteiger partial charge on any atom is 0.227 e. The van der Waals surface area contributed by atoms with Crippen molar-refractivity contribution >= 4 is 23.4 Å². The molecule has 1 unspecified atom stereocenters. The number of likely N-dealkylation sites (tertiary alicyclic amines) is 1. The fourth-order valence-corrected chi connectivity index (χ4v) is 3.99. The minimum Gasteiger partial charge on any atom is -0.492 e. The molecule has 0 aromatic heterocycles. The third kappa shape index (κ3) is 5.49. The molecule has 7 heteroatoms. The molecule has 0 spiro atoms. The van der Waals surface area contributed by atoms with Gasteiger partial charge in [0.25, 0.3) is 0 Å². The first-order valence-corrected chi connectivity index (χ1v) is 10.7. The standard InChI is InChI=1S/C22H31N3O4/c1-2-29-19-10-6-5-9-18(19)25-16-17(15-21(25)27)22(28)23-12-11-20(26)24-13-7-3-4-8-14-24/h5-6,9-10,17H,2-4,7-8,11-16H2,1H3,(H,23,28). The highest BCUT2D eigenvalue weighted by Crippen LogP contribution is 2.33. The second-order valence-electron chi connectivity index (χ2n) is 7.64. The number of ether oxygens (including phenoxy) is 1. The number of rotatable bonds is 7. The van der Waals surface area contributed by atoms with Gasteiger partial charge in [0.05, 0.1) is 18.2 Å². The highest BCUT2D eigenvalue weighted by atomic mass is 16.5. The lowest BCUT2D eigenvalue weighted by atomic mass is 10.1. The van der Waals surface area contributed by atoms with Gasteiger partial charge in [-0.05, 0) is 31.9 Å². The molecule has 29 heavy (non-hydrogen) atoms. The molecule has 2 fully saturated rings. The van der Waals surface area contributed by atoms with Crippen LogP contribution in [-0.4, -0.2) is 55.4 Å². The molecule has 0 radical (unpaired) electrons. The minimum atomic E-state index is -0.412. The summed E-state index contributed by atoms with van der Waals surface area (Å²) in [7, 11) is 0. The van der Waals surface area contributed by atoms with Gasteiger partial charge in [0.2, 0.25) is 17.7 Å². The quantitative estimate of drug-likeness (QED) is 0.761. The molecule has 2 aliphatic heterocycles. The van der Waals surface area contributed by atoms with Crippen LogP contribution in [0.2, 0.25) is 0 Å². The molecule has 2 heterocycles. The largest absolute Gasteiger partial charge is 0.492 e. The Bertz CT molecular complexity index is 729. The summed E-state index contributed by atoms with van der Waals surface area (Å²) in [6, 6.07) is 7.38. The topological polar surface area (TPSA) is 79.0 Å². The number of anilines is 1. The van der Waals surface area contributed by atoms with Crippen LogP contribution in [0.3, 0.4) is 0 Å². The van der Waals surface area contributed by atoms with Crippen molar-refractivity contribution in [2.24, 2.45) is 5.92 Å². The van der Waals surface area contributed by atoms with E-state index in [1.165, 1.54) is 12.8 Å². The molecule has 1 aromatic rings. The number of hydrogen-bond donors (Lipinski definition) is 1. The monoisotopic (exact) mass is 401 g/mol. The van der Waals surface area contributed by atoms with Crippen molar-refractivity contribution in [1.29, 1.82) is 0 Å². The van der Waals surface area contributed by atoms with Gasteiger partial charge in [0, 0.05) is 39.0 Å². The van der Waals surface area contributed by atoms with Crippen molar-refractivity contribution in [3.05, 3.63) is 24.3 Å². The van der Waals surface area contributed by atoms with E-state index in [4.69, 9.17) is 4.74 Å². The van der Waals surface area contributed by atoms with Crippen molar-refractivity contribution in [2.45, 2.75) is 45.4 Å². The number of hydrogen-bond acceptors (Lipinski definition) is 4. The van der Waals surface area contributed by atoms with E-state index in [1.807, 2.05) is 36.1 Å². The fourth-order valence-electron chi connectivity index (χ4n) is 3.99. The molecule has 2 saturated heterocycles. The lowest BCUT2D eigenvalue weighted by Crippen LogP contribution is -2.37. The molecule has 1 N–H and O–H groups in total. The Kier molecular flexibility index (Phi) is 7.49. The van der Waals surface area contributed by atoms with E-state index in [9.17, 15) is 14.4 Å². The summed E-state index contributed by atoms with van der Waals surface area (Å²) >= 11 is 0. The van der Waals surface area contributed by atoms with Crippen molar-refractivity contribution in [1.82, 2.24) is 10.2 Å². The Labute approximate surface area is 172 Å². The Balaban J connectivity index is 1.49. The van der Waals surface area contributed by atoms with Crippen LogP contribution in [0.1, 0.15) is 45.4 Å². The van der Waals surface area contributed by atoms with Gasteiger partial charge in [-0.2, -0.15) is 0 Å². The van der Waals surface area contributed by atoms with Crippen LogP contribution in [0.4, 0.5) is 5.69 Å². The zero-order chi connectivity index (χ0) is 20.6. The summed E-state index contributed by atoms with van der Waals surface area (Å²) < 4.78 is 5.61. The van der Waals surface area contributed by atoms with Crippen LogP contribution in [0.15, 0.2) is 24.3 Å². The zero-order valence-electron chi connectivity index (χ0n) is 17.2. The van der Waals surface area contributed by atoms with Gasteiger partial charge in [-0.25, -0.2) is 0 Å². The van der Waals surface area contributed by atoms with Gasteiger partial charge in [0.1, 0.15) is 5.75 Å². The summed E-state index contributed by atoms with van der Waals surface area (Å²) in [4.78, 5) is 40.9.